The smallest absolute Gasteiger partial charge is 0.326 e. The number of piperidine rings is 2. The first-order chi connectivity index (χ1) is 12.1. The molecule has 0 aromatic rings. The van der Waals surface area contributed by atoms with E-state index in [-0.39, 0.29) is 23.9 Å². The van der Waals surface area contributed by atoms with Crippen LogP contribution in [0.5, 0.6) is 0 Å². The number of urea groups is 1. The summed E-state index contributed by atoms with van der Waals surface area (Å²) in [5.74, 6) is -1.28. The van der Waals surface area contributed by atoms with Gasteiger partial charge in [-0.05, 0) is 44.9 Å². The molecule has 0 spiro atoms. The van der Waals surface area contributed by atoms with Gasteiger partial charge in [-0.15, -0.1) is 0 Å². The number of carboxylic acids is 1. The molecule has 0 bridgehead atoms. The van der Waals surface area contributed by atoms with Crippen LogP contribution in [-0.4, -0.2) is 64.5 Å². The predicted octanol–water partition coefficient (Wildman–Crippen LogP) is 1.82. The van der Waals surface area contributed by atoms with E-state index in [9.17, 15) is 19.5 Å². The van der Waals surface area contributed by atoms with Crippen molar-refractivity contribution in [3.05, 3.63) is 0 Å². The number of nitrogens with one attached hydrogen (secondary N) is 1. The fourth-order valence-corrected chi connectivity index (χ4v) is 4.39. The first-order valence-electron chi connectivity index (χ1n) is 9.65. The first kappa shape index (κ1) is 18.0. The lowest BCUT2D eigenvalue weighted by atomic mass is 9.93. The van der Waals surface area contributed by atoms with Gasteiger partial charge in [-0.3, -0.25) is 4.79 Å². The maximum Gasteiger partial charge on any atom is 0.326 e. The van der Waals surface area contributed by atoms with Crippen LogP contribution in [0.1, 0.15) is 57.8 Å². The summed E-state index contributed by atoms with van der Waals surface area (Å²) in [5, 5.41) is 12.5. The zero-order chi connectivity index (χ0) is 17.8. The molecule has 25 heavy (non-hydrogen) atoms. The van der Waals surface area contributed by atoms with Crippen molar-refractivity contribution >= 4 is 17.9 Å². The Labute approximate surface area is 148 Å². The largest absolute Gasteiger partial charge is 0.480 e. The molecular formula is C18H29N3O4. The highest BCUT2D eigenvalue weighted by Crippen LogP contribution is 2.25. The average molecular weight is 351 g/mol. The number of carboxylic acid groups (broad SMARTS) is 1. The summed E-state index contributed by atoms with van der Waals surface area (Å²) in [5.41, 5.74) is 0. The molecule has 3 aliphatic rings. The van der Waals surface area contributed by atoms with E-state index >= 15 is 0 Å². The van der Waals surface area contributed by atoms with Gasteiger partial charge in [-0.2, -0.15) is 0 Å². The Kier molecular flexibility index (Phi) is 5.81. The van der Waals surface area contributed by atoms with E-state index < -0.39 is 12.0 Å². The van der Waals surface area contributed by atoms with Gasteiger partial charge >= 0.3 is 12.0 Å². The number of nitrogens with zero attached hydrogens (tertiary/aromatic N) is 2. The van der Waals surface area contributed by atoms with E-state index in [1.54, 1.807) is 4.90 Å². The van der Waals surface area contributed by atoms with Crippen molar-refractivity contribution in [2.75, 3.05) is 19.6 Å². The Balaban J connectivity index is 1.58. The fourth-order valence-electron chi connectivity index (χ4n) is 4.39. The third-order valence-electron chi connectivity index (χ3n) is 5.81. The monoisotopic (exact) mass is 351 g/mol. The fraction of sp³-hybridized carbons (Fsp3) is 0.833. The summed E-state index contributed by atoms with van der Waals surface area (Å²) < 4.78 is 0. The number of hydrogen-bond donors (Lipinski definition) is 2. The molecule has 7 nitrogen and oxygen atoms in total. The molecule has 1 aliphatic carbocycles. The Morgan fingerprint density at radius 2 is 1.60 bits per heavy atom. The molecule has 2 heterocycles. The number of carbonyl (C=O) groups excluding carboxylic acids is 2. The normalized spacial score (nSPS) is 28.0. The molecule has 3 amide bonds. The van der Waals surface area contributed by atoms with Gasteiger partial charge in [0.05, 0.1) is 5.92 Å². The lowest BCUT2D eigenvalue weighted by molar-refractivity contribution is -0.154. The summed E-state index contributed by atoms with van der Waals surface area (Å²) in [4.78, 5) is 40.1. The van der Waals surface area contributed by atoms with Crippen molar-refractivity contribution in [1.82, 2.24) is 15.1 Å². The Bertz CT molecular complexity index is 518. The number of hydrogen-bond acceptors (Lipinski definition) is 3. The maximum absolute atomic E-state index is 12.9. The van der Waals surface area contributed by atoms with Crippen LogP contribution in [0.3, 0.4) is 0 Å². The highest BCUT2D eigenvalue weighted by molar-refractivity contribution is 5.86. The molecule has 140 valence electrons. The van der Waals surface area contributed by atoms with Crippen molar-refractivity contribution in [2.24, 2.45) is 5.92 Å². The van der Waals surface area contributed by atoms with Crippen LogP contribution in [-0.2, 0) is 9.59 Å². The topological polar surface area (TPSA) is 90.0 Å². The number of likely N-dealkylation sites (tertiary alicyclic amines) is 2. The van der Waals surface area contributed by atoms with Gasteiger partial charge in [0, 0.05) is 25.7 Å². The lowest BCUT2D eigenvalue weighted by Gasteiger charge is -2.39. The molecule has 2 N–H and O–H groups in total. The number of aliphatic carboxylic acids is 1. The van der Waals surface area contributed by atoms with Gasteiger partial charge < -0.3 is 20.2 Å². The second-order valence-electron chi connectivity index (χ2n) is 7.60. The first-order valence-corrected chi connectivity index (χ1v) is 9.65. The molecule has 7 heteroatoms. The molecule has 3 rings (SSSR count). The Morgan fingerprint density at radius 1 is 0.880 bits per heavy atom. The van der Waals surface area contributed by atoms with Crippen LogP contribution >= 0.6 is 0 Å². The van der Waals surface area contributed by atoms with Crippen molar-refractivity contribution in [3.63, 3.8) is 0 Å². The lowest BCUT2D eigenvalue weighted by Crippen LogP contribution is -2.54. The van der Waals surface area contributed by atoms with Crippen LogP contribution in [0.4, 0.5) is 4.79 Å². The highest BCUT2D eigenvalue weighted by atomic mass is 16.4. The molecule has 0 aromatic carbocycles. The Hall–Kier alpha value is -1.79. The summed E-state index contributed by atoms with van der Waals surface area (Å²) in [6.45, 7) is 1.59. The second kappa shape index (κ2) is 8.06. The zero-order valence-corrected chi connectivity index (χ0v) is 14.8. The van der Waals surface area contributed by atoms with Gasteiger partial charge in [-0.25, -0.2) is 9.59 Å². The van der Waals surface area contributed by atoms with E-state index in [4.69, 9.17) is 0 Å². The summed E-state index contributed by atoms with van der Waals surface area (Å²) >= 11 is 0. The van der Waals surface area contributed by atoms with E-state index in [0.29, 0.717) is 26.1 Å². The van der Waals surface area contributed by atoms with Crippen LogP contribution in [0.25, 0.3) is 0 Å². The van der Waals surface area contributed by atoms with Gasteiger partial charge in [0.15, 0.2) is 0 Å². The average Bonchev–Trinajstić information content (AvgIpc) is 3.14. The van der Waals surface area contributed by atoms with Crippen molar-refractivity contribution in [1.29, 1.82) is 0 Å². The zero-order valence-electron chi connectivity index (χ0n) is 14.8. The third kappa shape index (κ3) is 4.25. The van der Waals surface area contributed by atoms with Gasteiger partial charge in [0.1, 0.15) is 6.04 Å². The molecule has 2 atom stereocenters. The SMILES string of the molecule is O=C(O)C1CCCCN1C(=O)C1CCCN(C(=O)NC2CCCC2)C1. The molecule has 2 saturated heterocycles. The van der Waals surface area contributed by atoms with Crippen LogP contribution in [0, 0.1) is 5.92 Å². The van der Waals surface area contributed by atoms with E-state index in [0.717, 1.165) is 51.4 Å². The molecule has 2 unspecified atom stereocenters. The second-order valence-corrected chi connectivity index (χ2v) is 7.60. The van der Waals surface area contributed by atoms with Crippen LogP contribution in [0.15, 0.2) is 0 Å². The Morgan fingerprint density at radius 3 is 2.32 bits per heavy atom. The molecule has 2 aliphatic heterocycles. The van der Waals surface area contributed by atoms with Crippen molar-refractivity contribution in [3.8, 4) is 0 Å². The minimum absolute atomic E-state index is 0.0715. The van der Waals surface area contributed by atoms with Gasteiger partial charge in [0.25, 0.3) is 0 Å². The summed E-state index contributed by atoms with van der Waals surface area (Å²) in [6, 6.07) is -0.510. The predicted molar refractivity (Wildman–Crippen MR) is 92.1 cm³/mol. The van der Waals surface area contributed by atoms with E-state index in [1.807, 2.05) is 0 Å². The highest BCUT2D eigenvalue weighted by Gasteiger charge is 2.37. The number of rotatable bonds is 3. The number of carbonyl (C=O) groups is 3. The summed E-state index contributed by atoms with van der Waals surface area (Å²) in [7, 11) is 0. The molecule has 0 aromatic heterocycles. The van der Waals surface area contributed by atoms with Crippen LogP contribution in [0.2, 0.25) is 0 Å². The molecule has 1 saturated carbocycles. The van der Waals surface area contributed by atoms with E-state index in [1.165, 1.54) is 4.90 Å². The van der Waals surface area contributed by atoms with Gasteiger partial charge in [-0.1, -0.05) is 12.8 Å². The molecular weight excluding hydrogens is 322 g/mol. The van der Waals surface area contributed by atoms with Crippen molar-refractivity contribution in [2.45, 2.75) is 69.9 Å². The quantitative estimate of drug-likeness (QED) is 0.811. The van der Waals surface area contributed by atoms with Gasteiger partial charge in [0.2, 0.25) is 5.91 Å². The van der Waals surface area contributed by atoms with Crippen molar-refractivity contribution < 1.29 is 19.5 Å². The number of amides is 3. The third-order valence-corrected chi connectivity index (χ3v) is 5.81. The summed E-state index contributed by atoms with van der Waals surface area (Å²) in [6.07, 6.45) is 8.16. The van der Waals surface area contributed by atoms with E-state index in [2.05, 4.69) is 5.32 Å². The maximum atomic E-state index is 12.9. The minimum Gasteiger partial charge on any atom is -0.480 e. The molecule has 3 fully saturated rings. The molecule has 0 radical (unpaired) electrons. The standard InChI is InChI=1S/C18H29N3O4/c22-16(21-11-4-3-9-15(21)17(23)24)13-6-5-10-20(12-13)18(25)19-14-7-1-2-8-14/h13-15H,1-12H2,(H,19,25)(H,23,24). The minimum atomic E-state index is -0.917. The van der Waals surface area contributed by atoms with Crippen LogP contribution < -0.4 is 5.32 Å².